The fraction of sp³-hybridized carbons (Fsp3) is 0.240. The van der Waals surface area contributed by atoms with Gasteiger partial charge in [-0.15, -0.1) is 11.8 Å². The maximum atomic E-state index is 13.8. The van der Waals surface area contributed by atoms with E-state index in [9.17, 15) is 9.59 Å². The zero-order chi connectivity index (χ0) is 23.2. The molecule has 8 heteroatoms. The third kappa shape index (κ3) is 5.12. The molecule has 4 rings (SSSR count). The highest BCUT2D eigenvalue weighted by Crippen LogP contribution is 2.42. The minimum Gasteiger partial charge on any atom is -0.497 e. The number of thioether (sulfide) groups is 1. The van der Waals surface area contributed by atoms with Crippen LogP contribution >= 0.6 is 11.8 Å². The van der Waals surface area contributed by atoms with E-state index < -0.39 is 6.04 Å². The molecule has 1 aromatic heterocycles. The van der Waals surface area contributed by atoms with Crippen molar-refractivity contribution in [3.05, 3.63) is 89.7 Å². The van der Waals surface area contributed by atoms with Gasteiger partial charge in [-0.25, -0.2) is 0 Å². The van der Waals surface area contributed by atoms with Gasteiger partial charge >= 0.3 is 0 Å². The largest absolute Gasteiger partial charge is 0.497 e. The van der Waals surface area contributed by atoms with Gasteiger partial charge in [-0.3, -0.25) is 14.6 Å². The van der Waals surface area contributed by atoms with Crippen molar-refractivity contribution in [2.45, 2.75) is 18.0 Å². The highest BCUT2D eigenvalue weighted by atomic mass is 32.2. The van der Waals surface area contributed by atoms with Crippen LogP contribution in [0, 0.1) is 0 Å². The van der Waals surface area contributed by atoms with Crippen molar-refractivity contribution in [3.63, 3.8) is 0 Å². The fourth-order valence-corrected chi connectivity index (χ4v) is 5.15. The summed E-state index contributed by atoms with van der Waals surface area (Å²) in [4.78, 5) is 32.7. The number of hydrogen-bond donors (Lipinski definition) is 1. The third-order valence-electron chi connectivity index (χ3n) is 5.41. The van der Waals surface area contributed by atoms with Gasteiger partial charge in [-0.2, -0.15) is 0 Å². The smallest absolute Gasteiger partial charge is 0.256 e. The molecule has 2 atom stereocenters. The number of nitrogens with one attached hydrogen (secondary N) is 1. The molecule has 2 amide bonds. The lowest BCUT2D eigenvalue weighted by Gasteiger charge is -2.29. The Labute approximate surface area is 197 Å². The second-order valence-electron chi connectivity index (χ2n) is 7.51. The Hall–Kier alpha value is -3.52. The standard InChI is InChI=1S/C25H25N3O4S/c1-31-20-11-19(12-21(13-20)32-2)24(30)28-22(16-33-25(28)18-8-4-3-5-9-18)23(29)27-15-17-7-6-10-26-14-17/h3-14,22,25H,15-16H2,1-2H3,(H,27,29). The van der Waals surface area contributed by atoms with Crippen LogP contribution in [0.3, 0.4) is 0 Å². The molecule has 2 heterocycles. The molecule has 0 saturated carbocycles. The van der Waals surface area contributed by atoms with Crippen LogP contribution in [0.1, 0.15) is 26.9 Å². The summed E-state index contributed by atoms with van der Waals surface area (Å²) < 4.78 is 10.7. The molecule has 0 aliphatic carbocycles. The average Bonchev–Trinajstić information content (AvgIpc) is 3.33. The maximum absolute atomic E-state index is 13.8. The molecule has 0 radical (unpaired) electrons. The number of aromatic nitrogens is 1. The first-order valence-corrected chi connectivity index (χ1v) is 11.5. The highest BCUT2D eigenvalue weighted by molar-refractivity contribution is 7.99. The minimum absolute atomic E-state index is 0.201. The number of amides is 2. The number of rotatable bonds is 7. The predicted octanol–water partition coefficient (Wildman–Crippen LogP) is 3.67. The van der Waals surface area contributed by atoms with Crippen LogP contribution in [-0.2, 0) is 11.3 Å². The molecule has 0 bridgehead atoms. The summed E-state index contributed by atoms with van der Waals surface area (Å²) >= 11 is 1.57. The molecule has 0 spiro atoms. The molecule has 1 N–H and O–H groups in total. The zero-order valence-electron chi connectivity index (χ0n) is 18.4. The average molecular weight is 464 g/mol. The van der Waals surface area contributed by atoms with Crippen LogP contribution in [-0.4, -0.2) is 47.7 Å². The molecule has 1 aliphatic rings. The summed E-state index contributed by atoms with van der Waals surface area (Å²) in [6.45, 7) is 0.346. The van der Waals surface area contributed by atoms with Crippen molar-refractivity contribution in [1.29, 1.82) is 0 Å². The number of carbonyl (C=O) groups excluding carboxylic acids is 2. The summed E-state index contributed by atoms with van der Waals surface area (Å²) in [5.74, 6) is 1.06. The number of nitrogens with zero attached hydrogens (tertiary/aromatic N) is 2. The van der Waals surface area contributed by atoms with Crippen LogP contribution in [0.15, 0.2) is 73.1 Å². The van der Waals surface area contributed by atoms with Crippen molar-refractivity contribution in [2.75, 3.05) is 20.0 Å². The van der Waals surface area contributed by atoms with Crippen molar-refractivity contribution in [3.8, 4) is 11.5 Å². The van der Waals surface area contributed by atoms with Gasteiger partial charge in [-0.05, 0) is 29.3 Å². The van der Waals surface area contributed by atoms with Crippen molar-refractivity contribution in [1.82, 2.24) is 15.2 Å². The van der Waals surface area contributed by atoms with Gasteiger partial charge in [0.05, 0.1) is 14.2 Å². The normalized spacial score (nSPS) is 17.5. The van der Waals surface area contributed by atoms with E-state index in [2.05, 4.69) is 10.3 Å². The van der Waals surface area contributed by atoms with Gasteiger partial charge in [0.1, 0.15) is 22.9 Å². The number of benzene rings is 2. The Morgan fingerprint density at radius 2 is 1.79 bits per heavy atom. The van der Waals surface area contributed by atoms with Gasteiger partial charge in [0.15, 0.2) is 0 Å². The number of hydrogen-bond acceptors (Lipinski definition) is 6. The topological polar surface area (TPSA) is 80.8 Å². The molecule has 2 unspecified atom stereocenters. The number of pyridine rings is 1. The molecule has 170 valence electrons. The van der Waals surface area contributed by atoms with Gasteiger partial charge in [0, 0.05) is 36.3 Å². The maximum Gasteiger partial charge on any atom is 0.256 e. The number of ether oxygens (including phenoxy) is 2. The van der Waals surface area contributed by atoms with E-state index in [0.29, 0.717) is 29.4 Å². The molecule has 1 fully saturated rings. The molecular formula is C25H25N3O4S. The molecule has 1 aliphatic heterocycles. The lowest BCUT2D eigenvalue weighted by molar-refractivity contribution is -0.125. The second kappa shape index (κ2) is 10.4. The Morgan fingerprint density at radius 3 is 2.42 bits per heavy atom. The summed E-state index contributed by atoms with van der Waals surface area (Å²) in [7, 11) is 3.08. The van der Waals surface area contributed by atoms with Gasteiger partial charge in [0.25, 0.3) is 5.91 Å². The first-order valence-electron chi connectivity index (χ1n) is 10.5. The van der Waals surface area contributed by atoms with E-state index in [-0.39, 0.29) is 17.2 Å². The molecule has 33 heavy (non-hydrogen) atoms. The van der Waals surface area contributed by atoms with Crippen molar-refractivity contribution < 1.29 is 19.1 Å². The summed E-state index contributed by atoms with van der Waals surface area (Å²) in [6, 6.07) is 17.9. The van der Waals surface area contributed by atoms with E-state index >= 15 is 0 Å². The first-order chi connectivity index (χ1) is 16.1. The van der Waals surface area contributed by atoms with Gasteiger partial charge in [-0.1, -0.05) is 36.4 Å². The summed E-state index contributed by atoms with van der Waals surface area (Å²) in [5, 5.41) is 2.67. The van der Waals surface area contributed by atoms with Crippen LogP contribution in [0.4, 0.5) is 0 Å². The van der Waals surface area contributed by atoms with Crippen LogP contribution in [0.5, 0.6) is 11.5 Å². The van der Waals surface area contributed by atoms with E-state index in [0.717, 1.165) is 11.1 Å². The Bertz CT molecular complexity index is 1090. The van der Waals surface area contributed by atoms with E-state index in [1.54, 1.807) is 47.3 Å². The predicted molar refractivity (Wildman–Crippen MR) is 127 cm³/mol. The monoisotopic (exact) mass is 463 g/mol. The van der Waals surface area contributed by atoms with Crippen LogP contribution < -0.4 is 14.8 Å². The second-order valence-corrected chi connectivity index (χ2v) is 8.62. The molecule has 1 saturated heterocycles. The lowest BCUT2D eigenvalue weighted by atomic mass is 10.1. The Kier molecular flexibility index (Phi) is 7.14. The highest BCUT2D eigenvalue weighted by Gasteiger charge is 2.42. The summed E-state index contributed by atoms with van der Waals surface area (Å²) in [5.41, 5.74) is 2.26. The summed E-state index contributed by atoms with van der Waals surface area (Å²) in [6.07, 6.45) is 3.40. The SMILES string of the molecule is COc1cc(OC)cc(C(=O)N2C(C(=O)NCc3cccnc3)CSC2c2ccccc2)c1. The lowest BCUT2D eigenvalue weighted by Crippen LogP contribution is -2.47. The molecule has 3 aromatic rings. The Morgan fingerprint density at radius 1 is 1.06 bits per heavy atom. The number of carbonyl (C=O) groups is 2. The first kappa shape index (κ1) is 22.7. The van der Waals surface area contributed by atoms with E-state index in [4.69, 9.17) is 9.47 Å². The Balaban J connectivity index is 1.64. The quantitative estimate of drug-likeness (QED) is 0.576. The van der Waals surface area contributed by atoms with Gasteiger partial charge in [0.2, 0.25) is 5.91 Å². The van der Waals surface area contributed by atoms with E-state index in [1.165, 1.54) is 14.2 Å². The molecule has 7 nitrogen and oxygen atoms in total. The van der Waals surface area contributed by atoms with Crippen molar-refractivity contribution >= 4 is 23.6 Å². The van der Waals surface area contributed by atoms with Crippen LogP contribution in [0.2, 0.25) is 0 Å². The molecular weight excluding hydrogens is 438 g/mol. The van der Waals surface area contributed by atoms with E-state index in [1.807, 2.05) is 42.5 Å². The fourth-order valence-electron chi connectivity index (χ4n) is 3.72. The third-order valence-corrected chi connectivity index (χ3v) is 6.73. The van der Waals surface area contributed by atoms with Gasteiger partial charge < -0.3 is 19.7 Å². The van der Waals surface area contributed by atoms with Crippen molar-refractivity contribution in [2.24, 2.45) is 0 Å². The minimum atomic E-state index is -0.624. The van der Waals surface area contributed by atoms with Crippen LogP contribution in [0.25, 0.3) is 0 Å². The zero-order valence-corrected chi connectivity index (χ0v) is 19.2. The number of methoxy groups -OCH3 is 2. The molecule has 2 aromatic carbocycles.